The predicted molar refractivity (Wildman–Crippen MR) is 115 cm³/mol. The summed E-state index contributed by atoms with van der Waals surface area (Å²) in [4.78, 5) is 2.44. The van der Waals surface area contributed by atoms with Crippen molar-refractivity contribution in [3.63, 3.8) is 0 Å². The van der Waals surface area contributed by atoms with Crippen LogP contribution in [0.5, 0.6) is 11.5 Å². The summed E-state index contributed by atoms with van der Waals surface area (Å²) in [5.41, 5.74) is 2.29. The average molecular weight is 411 g/mol. The van der Waals surface area contributed by atoms with Crippen molar-refractivity contribution in [1.29, 1.82) is 0 Å². The van der Waals surface area contributed by atoms with Crippen molar-refractivity contribution >= 4 is 12.2 Å². The first kappa shape index (κ1) is 19.7. The van der Waals surface area contributed by atoms with E-state index in [1.54, 1.807) is 13.4 Å². The topological polar surface area (TPSA) is 44.5 Å². The molecule has 6 nitrogen and oxygen atoms in total. The second-order valence-corrected chi connectivity index (χ2v) is 7.46. The SMILES string of the molecule is CCOc1ccc([C@H]2CCCN2Cn2ncn(-c3ccc(OC)cc3)c2=S)cc1. The summed E-state index contributed by atoms with van der Waals surface area (Å²) in [6.45, 7) is 4.40. The molecule has 1 aliphatic heterocycles. The quantitative estimate of drug-likeness (QED) is 0.533. The first-order chi connectivity index (χ1) is 14.2. The maximum absolute atomic E-state index is 5.69. The molecule has 0 radical (unpaired) electrons. The van der Waals surface area contributed by atoms with Gasteiger partial charge in [-0.1, -0.05) is 12.1 Å². The lowest BCUT2D eigenvalue weighted by molar-refractivity contribution is 0.190. The van der Waals surface area contributed by atoms with Crippen LogP contribution in [0.15, 0.2) is 54.9 Å². The van der Waals surface area contributed by atoms with Crippen molar-refractivity contribution in [3.05, 3.63) is 65.2 Å². The molecule has 0 bridgehead atoms. The van der Waals surface area contributed by atoms with Gasteiger partial charge in [0.15, 0.2) is 0 Å². The van der Waals surface area contributed by atoms with E-state index in [4.69, 9.17) is 21.7 Å². The molecule has 1 atom stereocenters. The Labute approximate surface area is 176 Å². The molecule has 1 aliphatic rings. The normalized spacial score (nSPS) is 16.8. The molecule has 152 valence electrons. The number of methoxy groups -OCH3 is 1. The third-order valence-electron chi connectivity index (χ3n) is 5.34. The van der Waals surface area contributed by atoms with Crippen molar-refractivity contribution in [2.24, 2.45) is 0 Å². The molecule has 0 aliphatic carbocycles. The Kier molecular flexibility index (Phi) is 5.97. The highest BCUT2D eigenvalue weighted by atomic mass is 32.1. The highest BCUT2D eigenvalue weighted by molar-refractivity contribution is 7.71. The zero-order valence-corrected chi connectivity index (χ0v) is 17.6. The smallest absolute Gasteiger partial charge is 0.203 e. The van der Waals surface area contributed by atoms with E-state index in [2.05, 4.69) is 34.3 Å². The molecule has 3 aromatic rings. The lowest BCUT2D eigenvalue weighted by Gasteiger charge is -2.24. The van der Waals surface area contributed by atoms with Crippen molar-refractivity contribution < 1.29 is 9.47 Å². The lowest BCUT2D eigenvalue weighted by Crippen LogP contribution is -2.27. The van der Waals surface area contributed by atoms with Crippen molar-refractivity contribution in [1.82, 2.24) is 19.2 Å². The Morgan fingerprint density at radius 3 is 2.48 bits per heavy atom. The molecular formula is C22H26N4O2S. The number of hydrogen-bond donors (Lipinski definition) is 0. The van der Waals surface area contributed by atoms with E-state index in [-0.39, 0.29) is 0 Å². The Morgan fingerprint density at radius 1 is 1.07 bits per heavy atom. The first-order valence-electron chi connectivity index (χ1n) is 9.95. The minimum Gasteiger partial charge on any atom is -0.497 e. The summed E-state index contributed by atoms with van der Waals surface area (Å²) >= 11 is 5.69. The molecule has 4 rings (SSSR count). The van der Waals surface area contributed by atoms with Gasteiger partial charge in [-0.15, -0.1) is 0 Å². The highest BCUT2D eigenvalue weighted by Gasteiger charge is 2.26. The molecule has 2 aromatic carbocycles. The number of aromatic nitrogens is 3. The Hall–Kier alpha value is -2.64. The molecule has 7 heteroatoms. The van der Waals surface area contributed by atoms with Crippen LogP contribution >= 0.6 is 12.2 Å². The van der Waals surface area contributed by atoms with Crippen molar-refractivity contribution in [3.8, 4) is 17.2 Å². The predicted octanol–water partition coefficient (Wildman–Crippen LogP) is 4.61. The van der Waals surface area contributed by atoms with Gasteiger partial charge in [-0.2, -0.15) is 5.10 Å². The van der Waals surface area contributed by atoms with E-state index in [9.17, 15) is 0 Å². The third kappa shape index (κ3) is 4.21. The van der Waals surface area contributed by atoms with Gasteiger partial charge in [-0.25, -0.2) is 4.68 Å². The maximum Gasteiger partial charge on any atom is 0.203 e. The van der Waals surface area contributed by atoms with Crippen LogP contribution in [0.1, 0.15) is 31.4 Å². The summed E-state index contributed by atoms with van der Waals surface area (Å²) in [7, 11) is 1.66. The molecule has 29 heavy (non-hydrogen) atoms. The van der Waals surface area contributed by atoms with Crippen molar-refractivity contribution in [2.75, 3.05) is 20.3 Å². The summed E-state index contributed by atoms with van der Waals surface area (Å²) in [6, 6.07) is 16.6. The molecule has 1 fully saturated rings. The van der Waals surface area contributed by atoms with Crippen LogP contribution < -0.4 is 9.47 Å². The minimum atomic E-state index is 0.374. The molecule has 0 spiro atoms. The zero-order chi connectivity index (χ0) is 20.2. The van der Waals surface area contributed by atoms with Crippen LogP contribution in [0.25, 0.3) is 5.69 Å². The van der Waals surface area contributed by atoms with Crippen LogP contribution in [0.3, 0.4) is 0 Å². The van der Waals surface area contributed by atoms with Gasteiger partial charge in [0.1, 0.15) is 17.8 Å². The van der Waals surface area contributed by atoms with Crippen LogP contribution in [0.2, 0.25) is 0 Å². The molecule has 2 heterocycles. The minimum absolute atomic E-state index is 0.374. The highest BCUT2D eigenvalue weighted by Crippen LogP contribution is 2.33. The molecular weight excluding hydrogens is 384 g/mol. The first-order valence-corrected chi connectivity index (χ1v) is 10.4. The summed E-state index contributed by atoms with van der Waals surface area (Å²) < 4.78 is 15.3. The number of benzene rings is 2. The fourth-order valence-electron chi connectivity index (χ4n) is 3.85. The fourth-order valence-corrected chi connectivity index (χ4v) is 4.11. The fraction of sp³-hybridized carbons (Fsp3) is 0.364. The van der Waals surface area contributed by atoms with E-state index in [0.717, 1.165) is 30.2 Å². The molecule has 0 unspecified atom stereocenters. The van der Waals surface area contributed by atoms with Crippen molar-refractivity contribution in [2.45, 2.75) is 32.5 Å². The van der Waals surface area contributed by atoms with E-state index < -0.39 is 0 Å². The standard InChI is InChI=1S/C22H26N4O2S/c1-3-28-20-10-6-17(7-11-20)21-5-4-14-24(21)16-26-22(29)25(15-23-26)18-8-12-19(27-2)13-9-18/h6-13,15,21H,3-5,14,16H2,1-2H3/t21-/m1/s1. The van der Waals surface area contributed by atoms with Gasteiger partial charge in [-0.05, 0) is 73.9 Å². The summed E-state index contributed by atoms with van der Waals surface area (Å²) in [5, 5.41) is 4.55. The van der Waals surface area contributed by atoms with Crippen LogP contribution in [-0.2, 0) is 6.67 Å². The van der Waals surface area contributed by atoms with Gasteiger partial charge in [0, 0.05) is 18.3 Å². The number of hydrogen-bond acceptors (Lipinski definition) is 5. The number of likely N-dealkylation sites (tertiary alicyclic amines) is 1. The van der Waals surface area contributed by atoms with E-state index in [1.807, 2.05) is 40.4 Å². The van der Waals surface area contributed by atoms with E-state index in [0.29, 0.717) is 24.1 Å². The molecule has 0 N–H and O–H groups in total. The molecule has 1 aromatic heterocycles. The Balaban J connectivity index is 1.51. The number of nitrogens with zero attached hydrogens (tertiary/aromatic N) is 4. The monoisotopic (exact) mass is 410 g/mol. The summed E-state index contributed by atoms with van der Waals surface area (Å²) in [5.74, 6) is 1.74. The maximum atomic E-state index is 5.69. The van der Waals surface area contributed by atoms with Crippen LogP contribution in [-0.4, -0.2) is 39.5 Å². The van der Waals surface area contributed by atoms with Gasteiger partial charge >= 0.3 is 0 Å². The van der Waals surface area contributed by atoms with Crippen LogP contribution in [0.4, 0.5) is 0 Å². The average Bonchev–Trinajstić information content (AvgIpc) is 3.36. The Morgan fingerprint density at radius 2 is 1.79 bits per heavy atom. The van der Waals surface area contributed by atoms with Gasteiger partial charge in [0.25, 0.3) is 0 Å². The zero-order valence-electron chi connectivity index (χ0n) is 16.8. The molecule has 1 saturated heterocycles. The second-order valence-electron chi connectivity index (χ2n) is 7.09. The molecule has 0 amide bonds. The largest absolute Gasteiger partial charge is 0.497 e. The second kappa shape index (κ2) is 8.80. The number of rotatable bonds is 7. The van der Waals surface area contributed by atoms with Gasteiger partial charge in [0.05, 0.1) is 20.4 Å². The van der Waals surface area contributed by atoms with Gasteiger partial charge in [-0.3, -0.25) is 9.47 Å². The van der Waals surface area contributed by atoms with E-state index >= 15 is 0 Å². The number of ether oxygens (including phenoxy) is 2. The van der Waals surface area contributed by atoms with Crippen LogP contribution in [0, 0.1) is 4.77 Å². The van der Waals surface area contributed by atoms with E-state index in [1.165, 1.54) is 12.0 Å². The molecule has 0 saturated carbocycles. The Bertz CT molecular complexity index is 995. The lowest BCUT2D eigenvalue weighted by atomic mass is 10.0. The summed E-state index contributed by atoms with van der Waals surface area (Å²) in [6.07, 6.45) is 4.09. The van der Waals surface area contributed by atoms with Gasteiger partial charge < -0.3 is 9.47 Å². The van der Waals surface area contributed by atoms with Gasteiger partial charge in [0.2, 0.25) is 4.77 Å². The third-order valence-corrected chi connectivity index (χ3v) is 5.75.